The largest absolute Gasteiger partial charge is 0.496 e. The topological polar surface area (TPSA) is 83.9 Å². The predicted molar refractivity (Wildman–Crippen MR) is 141 cm³/mol. The monoisotopic (exact) mass is 520 g/mol. The Morgan fingerprint density at radius 3 is 2.65 bits per heavy atom. The lowest BCUT2D eigenvalue weighted by molar-refractivity contribution is 0.135. The minimum atomic E-state index is 0.0340. The molecule has 37 heavy (non-hydrogen) atoms. The molecular formula is C27H29ClN6O3. The molecule has 0 saturated carbocycles. The van der Waals surface area contributed by atoms with E-state index < -0.39 is 0 Å². The van der Waals surface area contributed by atoms with Gasteiger partial charge in [-0.05, 0) is 43.9 Å². The van der Waals surface area contributed by atoms with Gasteiger partial charge < -0.3 is 29.9 Å². The van der Waals surface area contributed by atoms with Crippen molar-refractivity contribution in [3.05, 3.63) is 83.6 Å². The fourth-order valence-corrected chi connectivity index (χ4v) is 5.99. The van der Waals surface area contributed by atoms with E-state index in [0.29, 0.717) is 22.6 Å². The lowest BCUT2D eigenvalue weighted by atomic mass is 9.97. The van der Waals surface area contributed by atoms with Crippen LogP contribution in [0, 0.1) is 0 Å². The van der Waals surface area contributed by atoms with Crippen LogP contribution in [0.15, 0.2) is 73.0 Å². The van der Waals surface area contributed by atoms with Crippen molar-refractivity contribution in [2.45, 2.75) is 43.8 Å². The molecular weight excluding hydrogens is 492 g/mol. The van der Waals surface area contributed by atoms with Crippen molar-refractivity contribution in [3.8, 4) is 11.5 Å². The van der Waals surface area contributed by atoms with E-state index in [1.165, 1.54) is 0 Å². The Balaban J connectivity index is 1.13. The molecule has 0 radical (unpaired) electrons. The highest BCUT2D eigenvalue weighted by Gasteiger charge is 2.43. The molecule has 10 heteroatoms. The molecule has 0 aliphatic carbocycles. The number of imidazole rings is 1. The minimum Gasteiger partial charge on any atom is -0.496 e. The Morgan fingerprint density at radius 2 is 1.95 bits per heavy atom. The lowest BCUT2D eigenvalue weighted by Gasteiger charge is -2.39. The van der Waals surface area contributed by atoms with Crippen molar-refractivity contribution in [1.82, 2.24) is 30.0 Å². The van der Waals surface area contributed by atoms with Gasteiger partial charge in [-0.1, -0.05) is 11.6 Å². The van der Waals surface area contributed by atoms with E-state index in [0.717, 1.165) is 48.3 Å². The van der Waals surface area contributed by atoms with Gasteiger partial charge >= 0.3 is 6.03 Å². The van der Waals surface area contributed by atoms with Gasteiger partial charge in [0.25, 0.3) is 0 Å². The van der Waals surface area contributed by atoms with Gasteiger partial charge in [0.05, 0.1) is 30.6 Å². The number of halogens is 1. The van der Waals surface area contributed by atoms with Crippen LogP contribution in [0.25, 0.3) is 5.70 Å². The van der Waals surface area contributed by atoms with Crippen molar-refractivity contribution < 1.29 is 14.3 Å². The number of amides is 1. The summed E-state index contributed by atoms with van der Waals surface area (Å²) in [7, 11) is 3.21. The van der Waals surface area contributed by atoms with Crippen LogP contribution in [-0.4, -0.2) is 57.7 Å². The number of aromatic nitrogens is 2. The number of allylic oxidation sites excluding steroid dienone is 2. The van der Waals surface area contributed by atoms with Crippen LogP contribution in [0.3, 0.4) is 0 Å². The number of rotatable bonds is 5. The third-order valence-corrected chi connectivity index (χ3v) is 7.77. The molecule has 1 aromatic heterocycles. The number of carbonyl (C=O) groups is 1. The SMILES string of the molecule is COc1cc(OC)c(C2=CN3C=CC(NC4C[C@H]5CC[C@@H](C4)N5C(=O)n4ccnc4)=CC3=CN2)cc1Cl. The molecule has 3 atom stereocenters. The number of fused-ring (bicyclic) bond motifs is 3. The molecule has 2 aromatic rings. The Kier molecular flexibility index (Phi) is 6.08. The van der Waals surface area contributed by atoms with Crippen molar-refractivity contribution in [1.29, 1.82) is 0 Å². The number of benzene rings is 1. The number of nitrogens with zero attached hydrogens (tertiary/aromatic N) is 4. The molecule has 9 nitrogen and oxygen atoms in total. The van der Waals surface area contributed by atoms with Crippen molar-refractivity contribution in [2.75, 3.05) is 14.2 Å². The van der Waals surface area contributed by atoms with Crippen LogP contribution in [-0.2, 0) is 0 Å². The van der Waals surface area contributed by atoms with E-state index in [4.69, 9.17) is 21.1 Å². The summed E-state index contributed by atoms with van der Waals surface area (Å²) >= 11 is 6.38. The van der Waals surface area contributed by atoms with Gasteiger partial charge in [0.1, 0.15) is 17.8 Å². The molecule has 2 bridgehead atoms. The van der Waals surface area contributed by atoms with Crippen LogP contribution in [0.5, 0.6) is 11.5 Å². The van der Waals surface area contributed by atoms with Gasteiger partial charge in [0.15, 0.2) is 0 Å². The van der Waals surface area contributed by atoms with Crippen LogP contribution in [0.2, 0.25) is 5.02 Å². The molecule has 4 aliphatic rings. The van der Waals surface area contributed by atoms with Crippen LogP contribution >= 0.6 is 11.6 Å². The first-order chi connectivity index (χ1) is 18.0. The fraction of sp³-hybridized carbons (Fsp3) is 0.333. The van der Waals surface area contributed by atoms with Gasteiger partial charge in [0, 0.05) is 66.4 Å². The summed E-state index contributed by atoms with van der Waals surface area (Å²) in [5.41, 5.74) is 3.79. The number of hydrogen-bond acceptors (Lipinski definition) is 7. The van der Waals surface area contributed by atoms with E-state index >= 15 is 0 Å². The summed E-state index contributed by atoms with van der Waals surface area (Å²) in [4.78, 5) is 21.1. The zero-order valence-corrected chi connectivity index (χ0v) is 21.5. The first kappa shape index (κ1) is 23.5. The summed E-state index contributed by atoms with van der Waals surface area (Å²) in [5, 5.41) is 7.61. The number of nitrogens with one attached hydrogen (secondary N) is 2. The molecule has 4 aliphatic heterocycles. The predicted octanol–water partition coefficient (Wildman–Crippen LogP) is 4.26. The van der Waals surface area contributed by atoms with E-state index in [2.05, 4.69) is 37.6 Å². The highest BCUT2D eigenvalue weighted by Crippen LogP contribution is 2.38. The van der Waals surface area contributed by atoms with Crippen molar-refractivity contribution in [3.63, 3.8) is 0 Å². The molecule has 192 valence electrons. The van der Waals surface area contributed by atoms with Gasteiger partial charge in [-0.2, -0.15) is 0 Å². The average molecular weight is 521 g/mol. The Morgan fingerprint density at radius 1 is 1.16 bits per heavy atom. The molecule has 2 fully saturated rings. The maximum atomic E-state index is 13.0. The molecule has 0 spiro atoms. The maximum Gasteiger partial charge on any atom is 0.329 e. The molecule has 5 heterocycles. The number of carbonyl (C=O) groups excluding carboxylic acids is 1. The van der Waals surface area contributed by atoms with Crippen LogP contribution < -0.4 is 20.1 Å². The van der Waals surface area contributed by atoms with Gasteiger partial charge in [-0.15, -0.1) is 0 Å². The van der Waals surface area contributed by atoms with Crippen molar-refractivity contribution in [2.24, 2.45) is 0 Å². The molecule has 1 amide bonds. The van der Waals surface area contributed by atoms with E-state index in [1.54, 1.807) is 43.6 Å². The summed E-state index contributed by atoms with van der Waals surface area (Å²) in [6.45, 7) is 0. The third-order valence-electron chi connectivity index (χ3n) is 7.47. The van der Waals surface area contributed by atoms with Gasteiger partial charge in [-0.25, -0.2) is 9.78 Å². The third kappa shape index (κ3) is 4.33. The molecule has 1 aromatic carbocycles. The van der Waals surface area contributed by atoms with Crippen LogP contribution in [0.1, 0.15) is 31.2 Å². The normalized spacial score (nSPS) is 24.0. The summed E-state index contributed by atoms with van der Waals surface area (Å²) in [6, 6.07) is 4.49. The Hall–Kier alpha value is -3.85. The second kappa shape index (κ2) is 9.55. The average Bonchev–Trinajstić information content (AvgIpc) is 3.54. The minimum absolute atomic E-state index is 0.0340. The van der Waals surface area contributed by atoms with E-state index in [9.17, 15) is 4.79 Å². The molecule has 2 saturated heterocycles. The molecule has 2 N–H and O–H groups in total. The standard InChI is InChI=1S/C27H29ClN6O3/c1-36-25-13-26(37-2)23(28)12-22(25)24-15-32-7-5-17(9-21(32)14-30-24)31-18-10-19-3-4-20(11-18)34(19)27(35)33-8-6-29-16-33/h5-9,12-16,18-20,30-31H,3-4,10-11H2,1-2H3/t18?,19-,20+. The van der Waals surface area contributed by atoms with E-state index in [1.807, 2.05) is 24.7 Å². The number of hydrogen-bond donors (Lipinski definition) is 2. The van der Waals surface area contributed by atoms with E-state index in [-0.39, 0.29) is 18.1 Å². The first-order valence-corrected chi connectivity index (χ1v) is 12.8. The highest BCUT2D eigenvalue weighted by molar-refractivity contribution is 6.32. The molecule has 6 rings (SSSR count). The van der Waals surface area contributed by atoms with Gasteiger partial charge in [-0.3, -0.25) is 4.57 Å². The zero-order chi connectivity index (χ0) is 25.5. The Bertz CT molecular complexity index is 1320. The fourth-order valence-electron chi connectivity index (χ4n) is 5.75. The van der Waals surface area contributed by atoms with Crippen LogP contribution in [0.4, 0.5) is 4.79 Å². The quantitative estimate of drug-likeness (QED) is 0.609. The molecule has 1 unspecified atom stereocenters. The summed E-state index contributed by atoms with van der Waals surface area (Å²) < 4.78 is 12.5. The Labute approximate surface area is 220 Å². The maximum absolute atomic E-state index is 13.0. The number of ether oxygens (including phenoxy) is 2. The number of methoxy groups -OCH3 is 2. The van der Waals surface area contributed by atoms with Crippen molar-refractivity contribution >= 4 is 23.3 Å². The summed E-state index contributed by atoms with van der Waals surface area (Å²) in [5.74, 6) is 1.24. The summed E-state index contributed by atoms with van der Waals surface area (Å²) in [6.07, 6.45) is 19.2. The second-order valence-corrected chi connectivity index (χ2v) is 10.0. The number of piperidine rings is 1. The van der Waals surface area contributed by atoms with Gasteiger partial charge in [0.2, 0.25) is 0 Å². The second-order valence-electron chi connectivity index (χ2n) is 9.62. The highest BCUT2D eigenvalue weighted by atomic mass is 35.5. The zero-order valence-electron chi connectivity index (χ0n) is 20.7. The smallest absolute Gasteiger partial charge is 0.329 e. The lowest BCUT2D eigenvalue weighted by Crippen LogP contribution is -2.52. The first-order valence-electron chi connectivity index (χ1n) is 12.4.